The Bertz CT molecular complexity index is 4420. The SMILES string of the molecule is [C-]#[N+]c1ccccc1-c1ccc2c(c1)c1cc(-c3ccccc3C#N)ccc1n2-c1ccc(C(F)(F)F)cc1-c1cccc(C#N)c1-n1c2ccc(-c3ccccc3C#N)cc2c2cc(-c3ccccc3[N+]#[C-])ccc21. The molecule has 7 nitrogen and oxygen atoms in total. The summed E-state index contributed by atoms with van der Waals surface area (Å²) in [6, 6.07) is 68.3. The van der Waals surface area contributed by atoms with E-state index in [4.69, 9.17) is 13.1 Å². The van der Waals surface area contributed by atoms with E-state index >= 15 is 13.2 Å². The van der Waals surface area contributed by atoms with Crippen molar-refractivity contribution in [1.82, 2.24) is 9.13 Å². The first-order valence-corrected chi connectivity index (χ1v) is 24.0. The molecule has 2 aromatic heterocycles. The van der Waals surface area contributed by atoms with Gasteiger partial charge in [-0.3, -0.25) is 0 Å². The summed E-state index contributed by atoms with van der Waals surface area (Å²) >= 11 is 0. The van der Waals surface area contributed by atoms with Gasteiger partial charge in [0.05, 0.1) is 81.0 Å². The molecule has 76 heavy (non-hydrogen) atoms. The van der Waals surface area contributed by atoms with Gasteiger partial charge in [-0.05, 0) is 129 Å². The minimum atomic E-state index is -4.75. The summed E-state index contributed by atoms with van der Waals surface area (Å²) in [7, 11) is 0. The molecule has 12 aromatic rings. The molecule has 0 bridgehead atoms. The number of hydrogen-bond donors (Lipinski definition) is 0. The fraction of sp³-hybridized carbons (Fsp3) is 0.0152. The van der Waals surface area contributed by atoms with Crippen LogP contribution in [0.4, 0.5) is 24.5 Å². The van der Waals surface area contributed by atoms with E-state index in [1.165, 1.54) is 6.07 Å². The molecule has 0 unspecified atom stereocenters. The molecular weight excluding hydrogens is 948 g/mol. The number of nitrogens with zero attached hydrogens (tertiary/aromatic N) is 7. The third-order valence-electron chi connectivity index (χ3n) is 14.2. The van der Waals surface area contributed by atoms with E-state index in [-0.39, 0.29) is 11.1 Å². The number of hydrogen-bond acceptors (Lipinski definition) is 3. The molecule has 10 heteroatoms. The number of para-hydroxylation sites is 3. The van der Waals surface area contributed by atoms with Gasteiger partial charge in [-0.1, -0.05) is 121 Å². The quantitative estimate of drug-likeness (QED) is 0.149. The average Bonchev–Trinajstić information content (AvgIpc) is 3.99. The van der Waals surface area contributed by atoms with E-state index in [2.05, 4.69) is 27.9 Å². The zero-order valence-corrected chi connectivity index (χ0v) is 39.9. The van der Waals surface area contributed by atoms with Crippen molar-refractivity contribution in [2.45, 2.75) is 6.18 Å². The van der Waals surface area contributed by atoms with Crippen molar-refractivity contribution in [1.29, 1.82) is 15.8 Å². The Kier molecular flexibility index (Phi) is 11.1. The first-order chi connectivity index (χ1) is 37.1. The first kappa shape index (κ1) is 46.1. The van der Waals surface area contributed by atoms with Gasteiger partial charge in [-0.2, -0.15) is 29.0 Å². The van der Waals surface area contributed by atoms with E-state index < -0.39 is 11.7 Å². The lowest BCUT2D eigenvalue weighted by Crippen LogP contribution is -2.08. The second kappa shape index (κ2) is 18.3. The smallest absolute Gasteiger partial charge is 0.309 e. The molecule has 0 saturated heterocycles. The lowest BCUT2D eigenvalue weighted by atomic mass is 9.95. The summed E-state index contributed by atoms with van der Waals surface area (Å²) < 4.78 is 49.6. The van der Waals surface area contributed by atoms with Gasteiger partial charge < -0.3 is 9.13 Å². The average molecular weight is 982 g/mol. The molecule has 0 amide bonds. The highest BCUT2D eigenvalue weighted by Crippen LogP contribution is 2.47. The van der Waals surface area contributed by atoms with Crippen LogP contribution in [0.1, 0.15) is 22.3 Å². The molecule has 0 fully saturated rings. The molecule has 0 N–H and O–H groups in total. The Morgan fingerprint density at radius 2 is 0.750 bits per heavy atom. The minimum Gasteiger partial charge on any atom is -0.309 e. The lowest BCUT2D eigenvalue weighted by Gasteiger charge is -2.21. The maximum absolute atomic E-state index is 15.3. The molecule has 0 atom stereocenters. The number of alkyl halides is 3. The van der Waals surface area contributed by atoms with E-state index in [0.29, 0.717) is 78.2 Å². The molecule has 2 heterocycles. The largest absolute Gasteiger partial charge is 0.416 e. The number of rotatable bonds is 7. The Morgan fingerprint density at radius 3 is 1.18 bits per heavy atom. The maximum Gasteiger partial charge on any atom is 0.416 e. The summed E-state index contributed by atoms with van der Waals surface area (Å²) in [5, 5.41) is 34.4. The molecular formula is C66H34F3N7. The molecule has 354 valence electrons. The summed E-state index contributed by atoms with van der Waals surface area (Å²) in [4.78, 5) is 7.59. The molecule has 10 aromatic carbocycles. The van der Waals surface area contributed by atoms with Crippen LogP contribution in [0.3, 0.4) is 0 Å². The maximum atomic E-state index is 15.3. The van der Waals surface area contributed by atoms with E-state index in [0.717, 1.165) is 61.5 Å². The number of halogens is 3. The molecule has 0 aliphatic heterocycles. The fourth-order valence-electron chi connectivity index (χ4n) is 10.7. The Balaban J connectivity index is 1.17. The first-order valence-electron chi connectivity index (χ1n) is 24.0. The normalized spacial score (nSPS) is 11.3. The highest BCUT2D eigenvalue weighted by Gasteiger charge is 2.33. The molecule has 0 radical (unpaired) electrons. The molecule has 0 saturated carbocycles. The van der Waals surface area contributed by atoms with Crippen LogP contribution in [-0.4, -0.2) is 9.13 Å². The van der Waals surface area contributed by atoms with Crippen LogP contribution in [0, 0.1) is 47.1 Å². The van der Waals surface area contributed by atoms with Gasteiger partial charge in [-0.15, -0.1) is 0 Å². The molecule has 12 rings (SSSR count). The van der Waals surface area contributed by atoms with Crippen LogP contribution in [0.25, 0.3) is 120 Å². The summed E-state index contributed by atoms with van der Waals surface area (Å²) in [6.07, 6.45) is -4.75. The van der Waals surface area contributed by atoms with Gasteiger partial charge >= 0.3 is 6.18 Å². The highest BCUT2D eigenvalue weighted by atomic mass is 19.4. The zero-order chi connectivity index (χ0) is 52.2. The molecule has 0 aliphatic rings. The minimum absolute atomic E-state index is 0.194. The predicted molar refractivity (Wildman–Crippen MR) is 294 cm³/mol. The van der Waals surface area contributed by atoms with Crippen molar-refractivity contribution < 1.29 is 13.2 Å². The van der Waals surface area contributed by atoms with Crippen molar-refractivity contribution >= 4 is 55.0 Å². The molecule has 0 spiro atoms. The van der Waals surface area contributed by atoms with Gasteiger partial charge in [0.1, 0.15) is 6.07 Å². The predicted octanol–water partition coefficient (Wildman–Crippen LogP) is 18.0. The van der Waals surface area contributed by atoms with E-state index in [9.17, 15) is 15.8 Å². The summed E-state index contributed by atoms with van der Waals surface area (Å²) in [5.41, 5.74) is 11.0. The van der Waals surface area contributed by atoms with Crippen molar-refractivity contribution in [3.8, 4) is 85.2 Å². The number of fused-ring (bicyclic) bond motifs is 6. The van der Waals surface area contributed by atoms with Gasteiger partial charge in [0.15, 0.2) is 11.4 Å². The van der Waals surface area contributed by atoms with Crippen LogP contribution in [-0.2, 0) is 6.18 Å². The van der Waals surface area contributed by atoms with Gasteiger partial charge in [0.2, 0.25) is 0 Å². The van der Waals surface area contributed by atoms with Gasteiger partial charge in [-0.25, -0.2) is 9.69 Å². The van der Waals surface area contributed by atoms with Gasteiger partial charge in [0.25, 0.3) is 0 Å². The Labute approximate surface area is 433 Å². The zero-order valence-electron chi connectivity index (χ0n) is 39.9. The van der Waals surface area contributed by atoms with Crippen molar-refractivity contribution in [3.63, 3.8) is 0 Å². The summed E-state index contributed by atoms with van der Waals surface area (Å²) in [6.45, 7) is 15.9. The third-order valence-corrected chi connectivity index (χ3v) is 14.2. The van der Waals surface area contributed by atoms with Crippen molar-refractivity contribution in [2.24, 2.45) is 0 Å². The Morgan fingerprint density at radius 1 is 0.368 bits per heavy atom. The van der Waals surface area contributed by atoms with Crippen LogP contribution < -0.4 is 0 Å². The van der Waals surface area contributed by atoms with E-state index in [1.54, 1.807) is 54.6 Å². The van der Waals surface area contributed by atoms with Crippen molar-refractivity contribution in [2.75, 3.05) is 0 Å². The topological polar surface area (TPSA) is 90.0 Å². The van der Waals surface area contributed by atoms with Crippen LogP contribution >= 0.6 is 0 Å². The van der Waals surface area contributed by atoms with Crippen LogP contribution in [0.5, 0.6) is 0 Å². The summed E-state index contributed by atoms with van der Waals surface area (Å²) in [5.74, 6) is 0. The fourth-order valence-corrected chi connectivity index (χ4v) is 10.7. The van der Waals surface area contributed by atoms with Crippen LogP contribution in [0.2, 0.25) is 0 Å². The third kappa shape index (κ3) is 7.49. The number of benzene rings is 10. The number of nitriles is 3. The second-order valence-corrected chi connectivity index (χ2v) is 18.2. The second-order valence-electron chi connectivity index (χ2n) is 18.2. The van der Waals surface area contributed by atoms with Crippen LogP contribution in [0.15, 0.2) is 206 Å². The van der Waals surface area contributed by atoms with Gasteiger partial charge in [0, 0.05) is 32.7 Å². The highest BCUT2D eigenvalue weighted by molar-refractivity contribution is 6.14. The Hall–Kier alpha value is -11.0. The number of aromatic nitrogens is 2. The monoisotopic (exact) mass is 981 g/mol. The van der Waals surface area contributed by atoms with E-state index in [1.807, 2.05) is 143 Å². The lowest BCUT2D eigenvalue weighted by molar-refractivity contribution is -0.137. The standard InChI is InChI=1S/C66H34F3N7/c1-73-58-20-9-7-17-50(58)42-24-28-61-54(34-42)53-32-40(48-15-5-3-12-44(48)37-70)22-27-60(53)75(61)62-31-26-47(66(67,68)69)36-57(62)52-19-11-14-46(39-72)65(52)76-63-29-23-41(49-16-6-4-13-45(49)38-71)33-55(63)56-35-43(25-30-64(56)76)51-18-8-10-21-59(51)74-2/h3-36H. The molecule has 0 aliphatic carbocycles. The van der Waals surface area contributed by atoms with Crippen molar-refractivity contribution in [3.05, 3.63) is 251 Å².